The monoisotopic (exact) mass is 275 g/mol. The van der Waals surface area contributed by atoms with Crippen LogP contribution >= 0.6 is 0 Å². The predicted octanol–water partition coefficient (Wildman–Crippen LogP) is 2.90. The van der Waals surface area contributed by atoms with Gasteiger partial charge in [-0.25, -0.2) is 4.39 Å². The van der Waals surface area contributed by atoms with Crippen molar-refractivity contribution in [3.05, 3.63) is 65.5 Å². The first-order valence-electron chi connectivity index (χ1n) is 6.44. The van der Waals surface area contributed by atoms with Gasteiger partial charge >= 0.3 is 0 Å². The van der Waals surface area contributed by atoms with Crippen LogP contribution < -0.4 is 10.5 Å². The molecule has 20 heavy (non-hydrogen) atoms. The minimum absolute atomic E-state index is 0.296. The molecule has 0 fully saturated rings. The number of methoxy groups -OCH3 is 1. The van der Waals surface area contributed by atoms with E-state index in [-0.39, 0.29) is 5.82 Å². The standard InChI is InChI=1S/C16H18FNO2/c1-19-9-10-20-15-8-3-2-7-14(15)16(18)12-5-4-6-13(17)11-12/h2-8,11,16H,9-10,18H2,1H3. The van der Waals surface area contributed by atoms with Gasteiger partial charge in [0.15, 0.2) is 0 Å². The molecule has 2 aromatic rings. The van der Waals surface area contributed by atoms with E-state index in [0.717, 1.165) is 5.56 Å². The van der Waals surface area contributed by atoms with E-state index in [2.05, 4.69) is 0 Å². The maximum atomic E-state index is 13.3. The van der Waals surface area contributed by atoms with Crippen molar-refractivity contribution in [1.29, 1.82) is 0 Å². The van der Waals surface area contributed by atoms with Crippen LogP contribution in [-0.2, 0) is 4.74 Å². The summed E-state index contributed by atoms with van der Waals surface area (Å²) in [7, 11) is 1.62. The van der Waals surface area contributed by atoms with Gasteiger partial charge in [-0.2, -0.15) is 0 Å². The highest BCUT2D eigenvalue weighted by atomic mass is 19.1. The van der Waals surface area contributed by atoms with Gasteiger partial charge in [-0.05, 0) is 23.8 Å². The second kappa shape index (κ2) is 7.03. The van der Waals surface area contributed by atoms with Crippen molar-refractivity contribution in [1.82, 2.24) is 0 Å². The maximum Gasteiger partial charge on any atom is 0.124 e. The molecule has 0 saturated heterocycles. The fourth-order valence-electron chi connectivity index (χ4n) is 1.98. The molecule has 0 amide bonds. The van der Waals surface area contributed by atoms with Crippen LogP contribution in [0.15, 0.2) is 48.5 Å². The van der Waals surface area contributed by atoms with Gasteiger partial charge in [0.25, 0.3) is 0 Å². The minimum atomic E-state index is -0.426. The Bertz CT molecular complexity index is 560. The molecule has 1 atom stereocenters. The molecular formula is C16H18FNO2. The molecule has 0 heterocycles. The topological polar surface area (TPSA) is 44.5 Å². The number of halogens is 1. The average molecular weight is 275 g/mol. The minimum Gasteiger partial charge on any atom is -0.491 e. The zero-order valence-electron chi connectivity index (χ0n) is 11.4. The summed E-state index contributed by atoms with van der Waals surface area (Å²) in [6, 6.07) is 13.4. The molecule has 0 radical (unpaired) electrons. The highest BCUT2D eigenvalue weighted by molar-refractivity contribution is 5.41. The molecule has 106 valence electrons. The van der Waals surface area contributed by atoms with Gasteiger partial charge in [-0.1, -0.05) is 30.3 Å². The summed E-state index contributed by atoms with van der Waals surface area (Å²) in [5.74, 6) is 0.400. The molecule has 0 spiro atoms. The van der Waals surface area contributed by atoms with Crippen LogP contribution in [0.1, 0.15) is 17.2 Å². The summed E-state index contributed by atoms with van der Waals surface area (Å²) < 4.78 is 23.9. The van der Waals surface area contributed by atoms with Gasteiger partial charge in [0, 0.05) is 12.7 Å². The van der Waals surface area contributed by atoms with E-state index in [1.807, 2.05) is 24.3 Å². The predicted molar refractivity (Wildman–Crippen MR) is 76.2 cm³/mol. The number of ether oxygens (including phenoxy) is 2. The summed E-state index contributed by atoms with van der Waals surface area (Å²) in [5, 5.41) is 0. The van der Waals surface area contributed by atoms with Crippen molar-refractivity contribution in [2.45, 2.75) is 6.04 Å². The first kappa shape index (κ1) is 14.5. The smallest absolute Gasteiger partial charge is 0.124 e. The Labute approximate surface area is 118 Å². The number of rotatable bonds is 6. The molecule has 0 aliphatic heterocycles. The lowest BCUT2D eigenvalue weighted by Crippen LogP contribution is -2.14. The van der Waals surface area contributed by atoms with Gasteiger partial charge < -0.3 is 15.2 Å². The molecule has 1 unspecified atom stereocenters. The van der Waals surface area contributed by atoms with E-state index in [1.54, 1.807) is 19.2 Å². The summed E-state index contributed by atoms with van der Waals surface area (Å²) in [6.07, 6.45) is 0. The largest absolute Gasteiger partial charge is 0.491 e. The van der Waals surface area contributed by atoms with Crippen LogP contribution in [0.5, 0.6) is 5.75 Å². The van der Waals surface area contributed by atoms with Crippen molar-refractivity contribution in [2.75, 3.05) is 20.3 Å². The molecule has 3 nitrogen and oxygen atoms in total. The Morgan fingerprint density at radius 1 is 1.10 bits per heavy atom. The second-order valence-electron chi connectivity index (χ2n) is 4.41. The fourth-order valence-corrected chi connectivity index (χ4v) is 1.98. The van der Waals surface area contributed by atoms with Crippen molar-refractivity contribution in [3.8, 4) is 5.75 Å². The Morgan fingerprint density at radius 3 is 2.65 bits per heavy atom. The lowest BCUT2D eigenvalue weighted by atomic mass is 9.99. The summed E-state index contributed by atoms with van der Waals surface area (Å²) in [4.78, 5) is 0. The molecule has 0 aliphatic rings. The quantitative estimate of drug-likeness (QED) is 0.824. The van der Waals surface area contributed by atoms with E-state index in [0.29, 0.717) is 24.5 Å². The van der Waals surface area contributed by atoms with Crippen molar-refractivity contribution < 1.29 is 13.9 Å². The van der Waals surface area contributed by atoms with Crippen LogP contribution in [0.25, 0.3) is 0 Å². The van der Waals surface area contributed by atoms with Gasteiger partial charge in [-0.3, -0.25) is 0 Å². The van der Waals surface area contributed by atoms with Crippen LogP contribution in [0.2, 0.25) is 0 Å². The Hall–Kier alpha value is -1.91. The molecule has 0 aromatic heterocycles. The number of hydrogen-bond acceptors (Lipinski definition) is 3. The van der Waals surface area contributed by atoms with E-state index in [9.17, 15) is 4.39 Å². The first-order valence-corrected chi connectivity index (χ1v) is 6.44. The van der Waals surface area contributed by atoms with Crippen molar-refractivity contribution in [3.63, 3.8) is 0 Å². The van der Waals surface area contributed by atoms with Crippen LogP contribution in [0.3, 0.4) is 0 Å². The van der Waals surface area contributed by atoms with E-state index < -0.39 is 6.04 Å². The molecule has 2 N–H and O–H groups in total. The highest BCUT2D eigenvalue weighted by Gasteiger charge is 2.14. The fraction of sp³-hybridized carbons (Fsp3) is 0.250. The Kier molecular flexibility index (Phi) is 5.09. The Balaban J connectivity index is 2.23. The van der Waals surface area contributed by atoms with Gasteiger partial charge in [0.05, 0.1) is 12.6 Å². The molecular weight excluding hydrogens is 257 g/mol. The number of para-hydroxylation sites is 1. The highest BCUT2D eigenvalue weighted by Crippen LogP contribution is 2.28. The Morgan fingerprint density at radius 2 is 1.90 bits per heavy atom. The van der Waals surface area contributed by atoms with Crippen molar-refractivity contribution in [2.24, 2.45) is 5.73 Å². The van der Waals surface area contributed by atoms with Crippen LogP contribution in [0, 0.1) is 5.82 Å². The normalized spacial score (nSPS) is 12.2. The molecule has 2 aromatic carbocycles. The third-order valence-electron chi connectivity index (χ3n) is 3.01. The summed E-state index contributed by atoms with van der Waals surface area (Å²) in [6.45, 7) is 0.951. The lowest BCUT2D eigenvalue weighted by molar-refractivity contribution is 0.145. The zero-order valence-corrected chi connectivity index (χ0v) is 11.4. The summed E-state index contributed by atoms with van der Waals surface area (Å²) in [5.41, 5.74) is 7.76. The van der Waals surface area contributed by atoms with Crippen molar-refractivity contribution >= 4 is 0 Å². The zero-order chi connectivity index (χ0) is 14.4. The number of hydrogen-bond donors (Lipinski definition) is 1. The van der Waals surface area contributed by atoms with Crippen LogP contribution in [0.4, 0.5) is 4.39 Å². The number of nitrogens with two attached hydrogens (primary N) is 1. The lowest BCUT2D eigenvalue weighted by Gasteiger charge is -2.17. The molecule has 4 heteroatoms. The first-order chi connectivity index (χ1) is 9.72. The molecule has 0 saturated carbocycles. The SMILES string of the molecule is COCCOc1ccccc1C(N)c1cccc(F)c1. The second-order valence-corrected chi connectivity index (χ2v) is 4.41. The van der Waals surface area contributed by atoms with Gasteiger partial charge in [-0.15, -0.1) is 0 Å². The van der Waals surface area contributed by atoms with Gasteiger partial charge in [0.1, 0.15) is 18.2 Å². The third kappa shape index (κ3) is 3.56. The van der Waals surface area contributed by atoms with E-state index in [1.165, 1.54) is 12.1 Å². The molecule has 0 aliphatic carbocycles. The molecule has 2 rings (SSSR count). The average Bonchev–Trinajstić information content (AvgIpc) is 2.47. The van der Waals surface area contributed by atoms with Gasteiger partial charge in [0.2, 0.25) is 0 Å². The van der Waals surface area contributed by atoms with E-state index >= 15 is 0 Å². The maximum absolute atomic E-state index is 13.3. The third-order valence-corrected chi connectivity index (χ3v) is 3.01. The number of benzene rings is 2. The molecule has 0 bridgehead atoms. The van der Waals surface area contributed by atoms with Crippen LogP contribution in [-0.4, -0.2) is 20.3 Å². The van der Waals surface area contributed by atoms with E-state index in [4.69, 9.17) is 15.2 Å². The summed E-state index contributed by atoms with van der Waals surface area (Å²) >= 11 is 0.